The predicted octanol–water partition coefficient (Wildman–Crippen LogP) is 2.54. The first-order chi connectivity index (χ1) is 10.0. The molecule has 0 saturated carbocycles. The van der Waals surface area contributed by atoms with Gasteiger partial charge in [-0.2, -0.15) is 0 Å². The van der Waals surface area contributed by atoms with Gasteiger partial charge in [-0.25, -0.2) is 22.6 Å². The van der Waals surface area contributed by atoms with Gasteiger partial charge in [0.1, 0.15) is 16.7 Å². The second kappa shape index (κ2) is 4.58. The highest BCUT2D eigenvalue weighted by atomic mass is 19.2. The van der Waals surface area contributed by atoms with Crippen molar-refractivity contribution in [1.82, 2.24) is 15.0 Å². The Morgan fingerprint density at radius 1 is 1.10 bits per heavy atom. The van der Waals surface area contributed by atoms with Crippen molar-refractivity contribution in [2.24, 2.45) is 0 Å². The van der Waals surface area contributed by atoms with Crippen molar-refractivity contribution in [3.63, 3.8) is 0 Å². The molecule has 5 nitrogen and oxygen atoms in total. The average molecular weight is 293 g/mol. The Hall–Kier alpha value is -2.90. The molecule has 0 fully saturated rings. The summed E-state index contributed by atoms with van der Waals surface area (Å²) >= 11 is 0. The number of hydrogen-bond donors (Lipinski definition) is 1. The molecular weight excluding hydrogens is 287 g/mol. The molecule has 0 saturated heterocycles. The summed E-state index contributed by atoms with van der Waals surface area (Å²) in [4.78, 5) is 11.2. The number of halogens is 3. The van der Waals surface area contributed by atoms with E-state index in [1.807, 2.05) is 0 Å². The van der Waals surface area contributed by atoms with E-state index in [9.17, 15) is 18.0 Å². The second-order valence-corrected chi connectivity index (χ2v) is 4.17. The number of aromatic carboxylic acids is 1. The van der Waals surface area contributed by atoms with Crippen molar-refractivity contribution in [3.05, 3.63) is 53.3 Å². The summed E-state index contributed by atoms with van der Waals surface area (Å²) in [7, 11) is 0. The number of carbonyl (C=O) groups is 1. The summed E-state index contributed by atoms with van der Waals surface area (Å²) in [6.45, 7) is 0. The molecule has 3 rings (SSSR count). The summed E-state index contributed by atoms with van der Waals surface area (Å²) in [6.07, 6.45) is 0. The zero-order chi connectivity index (χ0) is 15.1. The van der Waals surface area contributed by atoms with Crippen LogP contribution >= 0.6 is 0 Å². The molecule has 0 spiro atoms. The number of para-hydroxylation sites is 1. The van der Waals surface area contributed by atoms with Crippen LogP contribution in [0.3, 0.4) is 0 Å². The highest BCUT2D eigenvalue weighted by molar-refractivity contribution is 6.01. The fourth-order valence-electron chi connectivity index (χ4n) is 1.99. The Morgan fingerprint density at radius 2 is 1.86 bits per heavy atom. The molecule has 0 atom stereocenters. The van der Waals surface area contributed by atoms with Crippen molar-refractivity contribution in [2.75, 3.05) is 0 Å². The van der Waals surface area contributed by atoms with Gasteiger partial charge in [0.25, 0.3) is 0 Å². The van der Waals surface area contributed by atoms with Gasteiger partial charge in [-0.05, 0) is 24.3 Å². The molecule has 1 N–H and O–H groups in total. The average Bonchev–Trinajstić information content (AvgIpc) is 2.88. The van der Waals surface area contributed by atoms with Crippen LogP contribution in [0.25, 0.3) is 16.7 Å². The molecule has 0 aliphatic heterocycles. The number of aromatic nitrogens is 3. The first-order valence-electron chi connectivity index (χ1n) is 5.72. The van der Waals surface area contributed by atoms with Gasteiger partial charge < -0.3 is 5.11 Å². The van der Waals surface area contributed by atoms with Crippen molar-refractivity contribution in [3.8, 4) is 5.69 Å². The lowest BCUT2D eigenvalue weighted by Crippen LogP contribution is -2.07. The van der Waals surface area contributed by atoms with Crippen molar-refractivity contribution in [1.29, 1.82) is 0 Å². The Labute approximate surface area is 115 Å². The van der Waals surface area contributed by atoms with E-state index >= 15 is 0 Å². The number of benzene rings is 2. The molecule has 106 valence electrons. The molecule has 0 unspecified atom stereocenters. The van der Waals surface area contributed by atoms with Crippen molar-refractivity contribution >= 4 is 17.0 Å². The fraction of sp³-hybridized carbons (Fsp3) is 0. The van der Waals surface area contributed by atoms with Crippen molar-refractivity contribution in [2.45, 2.75) is 0 Å². The van der Waals surface area contributed by atoms with Gasteiger partial charge in [-0.15, -0.1) is 5.10 Å². The van der Waals surface area contributed by atoms with Crippen LogP contribution in [0.2, 0.25) is 0 Å². The maximum Gasteiger partial charge on any atom is 0.337 e. The van der Waals surface area contributed by atoms with E-state index in [0.717, 1.165) is 16.8 Å². The zero-order valence-electron chi connectivity index (χ0n) is 10.2. The van der Waals surface area contributed by atoms with Crippen LogP contribution in [-0.2, 0) is 0 Å². The fourth-order valence-corrected chi connectivity index (χ4v) is 1.99. The van der Waals surface area contributed by atoms with Gasteiger partial charge >= 0.3 is 5.97 Å². The minimum Gasteiger partial charge on any atom is -0.478 e. The number of rotatable bonds is 2. The number of carboxylic acids is 1. The van der Waals surface area contributed by atoms with E-state index in [1.54, 1.807) is 0 Å². The molecule has 1 heterocycles. The van der Waals surface area contributed by atoms with Gasteiger partial charge in [-0.1, -0.05) is 11.3 Å². The van der Waals surface area contributed by atoms with Crippen molar-refractivity contribution < 1.29 is 23.1 Å². The highest BCUT2D eigenvalue weighted by Crippen LogP contribution is 2.24. The van der Waals surface area contributed by atoms with Crippen LogP contribution in [0.4, 0.5) is 13.2 Å². The largest absolute Gasteiger partial charge is 0.478 e. The molecule has 0 bridgehead atoms. The topological polar surface area (TPSA) is 68.0 Å². The van der Waals surface area contributed by atoms with Crippen LogP contribution in [0.5, 0.6) is 0 Å². The first kappa shape index (κ1) is 13.1. The minimum atomic E-state index is -1.66. The Balaban J connectivity index is 2.37. The third kappa shape index (κ3) is 1.92. The van der Waals surface area contributed by atoms with Gasteiger partial charge in [0.15, 0.2) is 17.5 Å². The number of carboxylic acid groups (broad SMARTS) is 1. The molecule has 8 heteroatoms. The Morgan fingerprint density at radius 3 is 2.57 bits per heavy atom. The van der Waals surface area contributed by atoms with Crippen LogP contribution < -0.4 is 0 Å². The molecule has 0 radical (unpaired) electrons. The molecule has 3 aromatic rings. The molecule has 21 heavy (non-hydrogen) atoms. The quantitative estimate of drug-likeness (QED) is 0.737. The maximum atomic E-state index is 13.8. The standard InChI is InChI=1S/C13H6F3N3O2/c14-7-4-5-9(11(16)10(7)15)19-12-6(13(20)21)2-1-3-8(12)17-18-19/h1-5H,(H,20,21). The number of hydrogen-bond acceptors (Lipinski definition) is 3. The van der Waals surface area contributed by atoms with E-state index in [4.69, 9.17) is 5.11 Å². The molecule has 2 aromatic carbocycles. The predicted molar refractivity (Wildman–Crippen MR) is 65.7 cm³/mol. The van der Waals surface area contributed by atoms with Crippen LogP contribution in [0.1, 0.15) is 10.4 Å². The normalized spacial score (nSPS) is 11.0. The summed E-state index contributed by atoms with van der Waals surface area (Å²) in [5.41, 5.74) is -0.416. The van der Waals surface area contributed by atoms with Gasteiger partial charge in [-0.3, -0.25) is 0 Å². The Bertz CT molecular complexity index is 876. The maximum absolute atomic E-state index is 13.8. The molecule has 1 aromatic heterocycles. The van der Waals surface area contributed by atoms with Crippen LogP contribution in [0.15, 0.2) is 30.3 Å². The summed E-state index contributed by atoms with van der Waals surface area (Å²) in [5, 5.41) is 16.5. The second-order valence-electron chi connectivity index (χ2n) is 4.17. The van der Waals surface area contributed by atoms with E-state index in [2.05, 4.69) is 10.3 Å². The third-order valence-electron chi connectivity index (χ3n) is 2.94. The number of nitrogens with zero attached hydrogens (tertiary/aromatic N) is 3. The third-order valence-corrected chi connectivity index (χ3v) is 2.94. The molecular formula is C13H6F3N3O2. The van der Waals surface area contributed by atoms with E-state index in [-0.39, 0.29) is 16.6 Å². The van der Waals surface area contributed by atoms with Crippen LogP contribution in [0, 0.1) is 17.5 Å². The lowest BCUT2D eigenvalue weighted by molar-refractivity contribution is 0.0698. The number of fused-ring (bicyclic) bond motifs is 1. The monoisotopic (exact) mass is 293 g/mol. The molecule has 0 amide bonds. The Kier molecular flexibility index (Phi) is 2.86. The smallest absolute Gasteiger partial charge is 0.337 e. The lowest BCUT2D eigenvalue weighted by atomic mass is 10.1. The lowest BCUT2D eigenvalue weighted by Gasteiger charge is -2.06. The summed E-state index contributed by atoms with van der Waals surface area (Å²) < 4.78 is 40.9. The van der Waals surface area contributed by atoms with E-state index < -0.39 is 29.1 Å². The van der Waals surface area contributed by atoms with Crippen LogP contribution in [-0.4, -0.2) is 26.1 Å². The highest BCUT2D eigenvalue weighted by Gasteiger charge is 2.20. The SMILES string of the molecule is O=C(O)c1cccc2nnn(-c3ccc(F)c(F)c3F)c12. The van der Waals surface area contributed by atoms with E-state index in [1.165, 1.54) is 18.2 Å². The van der Waals surface area contributed by atoms with Gasteiger partial charge in [0, 0.05) is 0 Å². The molecule has 0 aliphatic carbocycles. The van der Waals surface area contributed by atoms with Gasteiger partial charge in [0.05, 0.1) is 5.56 Å². The summed E-state index contributed by atoms with van der Waals surface area (Å²) in [6, 6.07) is 5.89. The molecule has 0 aliphatic rings. The zero-order valence-corrected chi connectivity index (χ0v) is 10.2. The van der Waals surface area contributed by atoms with Gasteiger partial charge in [0.2, 0.25) is 0 Å². The van der Waals surface area contributed by atoms with E-state index in [0.29, 0.717) is 0 Å². The summed E-state index contributed by atoms with van der Waals surface area (Å²) in [5.74, 6) is -5.75. The first-order valence-corrected chi connectivity index (χ1v) is 5.72. The minimum absolute atomic E-state index is 0.00471.